The van der Waals surface area contributed by atoms with Gasteiger partial charge in [-0.15, -0.1) is 0 Å². The van der Waals surface area contributed by atoms with E-state index in [0.717, 1.165) is 12.8 Å². The largest absolute Gasteiger partial charge is 0.491 e. The number of esters is 2. The Morgan fingerprint density at radius 2 is 1.87 bits per heavy atom. The standard InChI is InChI=1S/C21H32N2O7S/c1-21(2,3)30-20(25)17(23(4)5)13-31(26,27)22-16-10-9-15(19(24)28-6)11-18(16)29-12-14-7-8-14/h9-11,14,17,22H,7-8,12-13H2,1-6H3. The summed E-state index contributed by atoms with van der Waals surface area (Å²) in [5.74, 6) is -1.03. The van der Waals surface area contributed by atoms with Crippen LogP contribution in [0.5, 0.6) is 5.75 Å². The Bertz CT molecular complexity index is 903. The lowest BCUT2D eigenvalue weighted by Crippen LogP contribution is -2.45. The zero-order valence-corrected chi connectivity index (χ0v) is 19.7. The van der Waals surface area contributed by atoms with Crippen molar-refractivity contribution in [3.05, 3.63) is 23.8 Å². The Balaban J connectivity index is 2.22. The van der Waals surface area contributed by atoms with E-state index in [0.29, 0.717) is 12.5 Å². The summed E-state index contributed by atoms with van der Waals surface area (Å²) in [6, 6.07) is 3.35. The molecule has 1 aliphatic rings. The maximum absolute atomic E-state index is 12.9. The average molecular weight is 457 g/mol. The third-order valence-electron chi connectivity index (χ3n) is 4.52. The molecule has 1 aromatic rings. The number of likely N-dealkylation sites (N-methyl/N-ethyl adjacent to an activating group) is 1. The third-order valence-corrected chi connectivity index (χ3v) is 5.80. The third kappa shape index (κ3) is 8.02. The maximum atomic E-state index is 12.9. The van der Waals surface area contributed by atoms with E-state index < -0.39 is 39.4 Å². The molecule has 0 amide bonds. The highest BCUT2D eigenvalue weighted by atomic mass is 32.2. The Kier molecular flexibility index (Phi) is 7.93. The highest BCUT2D eigenvalue weighted by molar-refractivity contribution is 7.92. The number of ether oxygens (including phenoxy) is 3. The number of benzene rings is 1. The second-order valence-corrected chi connectivity index (χ2v) is 10.6. The zero-order valence-electron chi connectivity index (χ0n) is 18.9. The van der Waals surface area contributed by atoms with Gasteiger partial charge in [0, 0.05) is 0 Å². The van der Waals surface area contributed by atoms with E-state index >= 15 is 0 Å². The van der Waals surface area contributed by atoms with Crippen molar-refractivity contribution in [2.45, 2.75) is 45.3 Å². The molecule has 1 saturated carbocycles. The normalized spacial score (nSPS) is 15.3. The molecule has 0 aliphatic heterocycles. The number of carbonyl (C=O) groups is 2. The molecule has 1 aromatic carbocycles. The summed E-state index contributed by atoms with van der Waals surface area (Å²) in [4.78, 5) is 25.8. The van der Waals surface area contributed by atoms with Gasteiger partial charge in [-0.2, -0.15) is 0 Å². The molecule has 1 fully saturated rings. The first-order valence-corrected chi connectivity index (χ1v) is 11.7. The molecule has 174 valence electrons. The monoisotopic (exact) mass is 456 g/mol. The number of hydrogen-bond acceptors (Lipinski definition) is 8. The number of hydrogen-bond donors (Lipinski definition) is 1. The van der Waals surface area contributed by atoms with E-state index in [1.807, 2.05) is 0 Å². The van der Waals surface area contributed by atoms with Gasteiger partial charge in [0.05, 0.1) is 30.7 Å². The minimum absolute atomic E-state index is 0.190. The number of carbonyl (C=O) groups excluding carboxylic acids is 2. The van der Waals surface area contributed by atoms with Crippen molar-refractivity contribution in [1.29, 1.82) is 0 Å². The summed E-state index contributed by atoms with van der Waals surface area (Å²) in [7, 11) is 0.534. The molecule has 0 spiro atoms. The SMILES string of the molecule is COC(=O)c1ccc(NS(=O)(=O)CC(C(=O)OC(C)(C)C)N(C)C)c(OCC2CC2)c1. The molecule has 0 saturated heterocycles. The van der Waals surface area contributed by atoms with Gasteiger partial charge in [-0.1, -0.05) is 0 Å². The fourth-order valence-corrected chi connectivity index (χ4v) is 4.11. The summed E-state index contributed by atoms with van der Waals surface area (Å²) >= 11 is 0. The molecule has 0 bridgehead atoms. The number of rotatable bonds is 10. The maximum Gasteiger partial charge on any atom is 0.337 e. The van der Waals surface area contributed by atoms with Crippen molar-refractivity contribution in [3.63, 3.8) is 0 Å². The molecule has 1 atom stereocenters. The van der Waals surface area contributed by atoms with Gasteiger partial charge in [-0.25, -0.2) is 13.2 Å². The van der Waals surface area contributed by atoms with Crippen LogP contribution in [0.2, 0.25) is 0 Å². The predicted octanol–water partition coefficient (Wildman–Crippen LogP) is 2.28. The molecule has 0 aromatic heterocycles. The van der Waals surface area contributed by atoms with Gasteiger partial charge in [0.1, 0.15) is 17.4 Å². The molecule has 0 heterocycles. The molecular formula is C21H32N2O7S. The highest BCUT2D eigenvalue weighted by Gasteiger charge is 2.32. The lowest BCUT2D eigenvalue weighted by molar-refractivity contribution is -0.159. The van der Waals surface area contributed by atoms with Crippen LogP contribution in [0.15, 0.2) is 18.2 Å². The summed E-state index contributed by atoms with van der Waals surface area (Å²) < 4.78 is 44.1. The molecular weight excluding hydrogens is 424 g/mol. The van der Waals surface area contributed by atoms with Crippen molar-refractivity contribution in [1.82, 2.24) is 4.90 Å². The molecule has 1 unspecified atom stereocenters. The first-order chi connectivity index (χ1) is 14.3. The van der Waals surface area contributed by atoms with E-state index in [2.05, 4.69) is 4.72 Å². The smallest absolute Gasteiger partial charge is 0.337 e. The van der Waals surface area contributed by atoms with Crippen LogP contribution in [0.1, 0.15) is 44.0 Å². The molecule has 1 N–H and O–H groups in total. The first kappa shape index (κ1) is 24.9. The number of anilines is 1. The van der Waals surface area contributed by atoms with Gasteiger partial charge < -0.3 is 14.2 Å². The molecule has 1 aliphatic carbocycles. The van der Waals surface area contributed by atoms with Crippen molar-refractivity contribution >= 4 is 27.6 Å². The van der Waals surface area contributed by atoms with Gasteiger partial charge in [-0.3, -0.25) is 14.4 Å². The number of sulfonamides is 1. The Morgan fingerprint density at radius 3 is 2.39 bits per heavy atom. The number of methoxy groups -OCH3 is 1. The van der Waals surface area contributed by atoms with Crippen LogP contribution in [0.3, 0.4) is 0 Å². The van der Waals surface area contributed by atoms with E-state index in [1.165, 1.54) is 30.2 Å². The van der Waals surface area contributed by atoms with Crippen molar-refractivity contribution in [2.75, 3.05) is 38.3 Å². The van der Waals surface area contributed by atoms with Gasteiger partial charge in [0.2, 0.25) is 10.0 Å². The lowest BCUT2D eigenvalue weighted by atomic mass is 10.2. The van der Waals surface area contributed by atoms with E-state index in [4.69, 9.17) is 14.2 Å². The van der Waals surface area contributed by atoms with Crippen molar-refractivity contribution < 1.29 is 32.2 Å². The second kappa shape index (κ2) is 9.86. The minimum atomic E-state index is -3.95. The summed E-state index contributed by atoms with van der Waals surface area (Å²) in [5.41, 5.74) is -0.304. The summed E-state index contributed by atoms with van der Waals surface area (Å²) in [6.07, 6.45) is 2.11. The minimum Gasteiger partial charge on any atom is -0.491 e. The zero-order chi connectivity index (χ0) is 23.4. The van der Waals surface area contributed by atoms with Crippen molar-refractivity contribution in [2.24, 2.45) is 5.92 Å². The predicted molar refractivity (Wildman–Crippen MR) is 117 cm³/mol. The van der Waals surface area contributed by atoms with E-state index in [1.54, 1.807) is 34.9 Å². The van der Waals surface area contributed by atoms with Gasteiger partial charge in [0.15, 0.2) is 0 Å². The van der Waals surface area contributed by atoms with Gasteiger partial charge >= 0.3 is 11.9 Å². The highest BCUT2D eigenvalue weighted by Crippen LogP contribution is 2.33. The van der Waals surface area contributed by atoms with Crippen LogP contribution in [-0.4, -0.2) is 70.5 Å². The van der Waals surface area contributed by atoms with Gasteiger partial charge in [-0.05, 0) is 71.8 Å². The number of nitrogens with one attached hydrogen (secondary N) is 1. The van der Waals surface area contributed by atoms with Crippen LogP contribution in [0.4, 0.5) is 5.69 Å². The van der Waals surface area contributed by atoms with E-state index in [-0.39, 0.29) is 17.0 Å². The quantitative estimate of drug-likeness (QED) is 0.534. The van der Waals surface area contributed by atoms with Crippen LogP contribution in [0, 0.1) is 5.92 Å². The topological polar surface area (TPSA) is 111 Å². The average Bonchev–Trinajstić information content (AvgIpc) is 3.47. The van der Waals surface area contributed by atoms with Crippen molar-refractivity contribution in [3.8, 4) is 5.75 Å². The van der Waals surface area contributed by atoms with Crippen LogP contribution in [-0.2, 0) is 24.3 Å². The van der Waals surface area contributed by atoms with Crippen LogP contribution >= 0.6 is 0 Å². The molecule has 0 radical (unpaired) electrons. The molecule has 2 rings (SSSR count). The lowest BCUT2D eigenvalue weighted by Gasteiger charge is -2.27. The Morgan fingerprint density at radius 1 is 1.23 bits per heavy atom. The molecule has 9 nitrogen and oxygen atoms in total. The van der Waals surface area contributed by atoms with Gasteiger partial charge in [0.25, 0.3) is 0 Å². The number of nitrogens with zero attached hydrogens (tertiary/aromatic N) is 1. The first-order valence-electron chi connectivity index (χ1n) is 10.1. The molecule has 31 heavy (non-hydrogen) atoms. The fraction of sp³-hybridized carbons (Fsp3) is 0.619. The Hall–Kier alpha value is -2.33. The van der Waals surface area contributed by atoms with E-state index in [9.17, 15) is 18.0 Å². The molecule has 10 heteroatoms. The second-order valence-electron chi connectivity index (χ2n) is 8.85. The summed E-state index contributed by atoms with van der Waals surface area (Å²) in [5, 5.41) is 0. The summed E-state index contributed by atoms with van der Waals surface area (Å²) in [6.45, 7) is 5.59. The van der Waals surface area contributed by atoms with Crippen LogP contribution in [0.25, 0.3) is 0 Å². The fourth-order valence-electron chi connectivity index (χ4n) is 2.68. The Labute approximate surface area is 184 Å². The van der Waals surface area contributed by atoms with Crippen LogP contribution < -0.4 is 9.46 Å².